The first-order valence-corrected chi connectivity index (χ1v) is 9.94. The van der Waals surface area contributed by atoms with E-state index < -0.39 is 0 Å². The van der Waals surface area contributed by atoms with Crippen LogP contribution in [-0.2, 0) is 20.2 Å². The summed E-state index contributed by atoms with van der Waals surface area (Å²) in [7, 11) is 1.85. The number of fused-ring (bicyclic) bond motifs is 3. The molecule has 1 N–H and O–H groups in total. The fourth-order valence-electron chi connectivity index (χ4n) is 3.33. The maximum atomic E-state index is 6.10. The first-order chi connectivity index (χ1) is 15.1. The highest BCUT2D eigenvalue weighted by Gasteiger charge is 2.19. The van der Waals surface area contributed by atoms with Gasteiger partial charge in [-0.25, -0.2) is 9.67 Å². The molecular weight excluding hydrogens is 398 g/mol. The van der Waals surface area contributed by atoms with Crippen LogP contribution in [0.5, 0.6) is 5.88 Å². The van der Waals surface area contributed by atoms with Crippen molar-refractivity contribution in [2.75, 3.05) is 6.54 Å². The largest absolute Gasteiger partial charge is 0.468 e. The van der Waals surface area contributed by atoms with Crippen LogP contribution in [-0.4, -0.2) is 46.3 Å². The minimum absolute atomic E-state index is 0.221. The number of benzene rings is 1. The number of hydrogen-bond acceptors (Lipinski definition) is 9. The zero-order valence-electron chi connectivity index (χ0n) is 17.4. The Bertz CT molecular complexity index is 1370. The minimum Gasteiger partial charge on any atom is -0.468 e. The molecule has 0 saturated heterocycles. The van der Waals surface area contributed by atoms with Crippen molar-refractivity contribution in [3.8, 4) is 17.4 Å². The molecule has 0 bridgehead atoms. The number of nitrogens with one attached hydrogen (secondary N) is 1. The van der Waals surface area contributed by atoms with Crippen LogP contribution in [0.4, 0.5) is 0 Å². The van der Waals surface area contributed by atoms with Crippen molar-refractivity contribution in [3.63, 3.8) is 0 Å². The van der Waals surface area contributed by atoms with Gasteiger partial charge in [0, 0.05) is 23.9 Å². The maximum Gasteiger partial charge on any atom is 0.240 e. The van der Waals surface area contributed by atoms with Gasteiger partial charge in [-0.3, -0.25) is 0 Å². The van der Waals surface area contributed by atoms with Gasteiger partial charge in [-0.05, 0) is 19.5 Å². The first-order valence-electron chi connectivity index (χ1n) is 9.94. The molecule has 0 aliphatic rings. The van der Waals surface area contributed by atoms with Gasteiger partial charge < -0.3 is 14.6 Å². The average Bonchev–Trinajstić information content (AvgIpc) is 3.48. The molecule has 5 aromatic rings. The topological polar surface area (TPSA) is 121 Å². The van der Waals surface area contributed by atoms with Gasteiger partial charge in [0.15, 0.2) is 23.0 Å². The van der Waals surface area contributed by atoms with Crippen LogP contribution in [0.25, 0.3) is 27.9 Å². The molecule has 5 rings (SSSR count). The number of ether oxygens (including phenoxy) is 1. The van der Waals surface area contributed by atoms with Crippen molar-refractivity contribution >= 4 is 16.4 Å². The molecule has 4 aromatic heterocycles. The van der Waals surface area contributed by atoms with Crippen molar-refractivity contribution in [1.29, 1.82) is 0 Å². The van der Waals surface area contributed by atoms with E-state index in [2.05, 4.69) is 35.9 Å². The molecule has 31 heavy (non-hydrogen) atoms. The summed E-state index contributed by atoms with van der Waals surface area (Å²) in [6.45, 7) is 5.55. The second kappa shape index (κ2) is 7.76. The zero-order valence-corrected chi connectivity index (χ0v) is 17.4. The quantitative estimate of drug-likeness (QED) is 0.422. The Hall–Kier alpha value is -3.86. The molecule has 0 aliphatic carbocycles. The fraction of sp³-hybridized carbons (Fsp3) is 0.300. The molecule has 0 aliphatic heterocycles. The van der Waals surface area contributed by atoms with E-state index in [4.69, 9.17) is 9.26 Å². The van der Waals surface area contributed by atoms with E-state index in [0.717, 1.165) is 23.1 Å². The Morgan fingerprint density at radius 2 is 1.97 bits per heavy atom. The van der Waals surface area contributed by atoms with Crippen molar-refractivity contribution < 1.29 is 9.26 Å². The Kier molecular flexibility index (Phi) is 4.79. The highest BCUT2D eigenvalue weighted by atomic mass is 16.5. The van der Waals surface area contributed by atoms with Crippen molar-refractivity contribution in [2.24, 2.45) is 7.05 Å². The lowest BCUT2D eigenvalue weighted by atomic mass is 10.2. The Morgan fingerprint density at radius 1 is 1.13 bits per heavy atom. The monoisotopic (exact) mass is 419 g/mol. The first kappa shape index (κ1) is 19.1. The molecule has 4 heterocycles. The smallest absolute Gasteiger partial charge is 0.240 e. The van der Waals surface area contributed by atoms with E-state index in [1.807, 2.05) is 45.2 Å². The minimum atomic E-state index is 0.221. The average molecular weight is 419 g/mol. The van der Waals surface area contributed by atoms with E-state index in [1.165, 1.54) is 0 Å². The van der Waals surface area contributed by atoms with Crippen LogP contribution < -0.4 is 10.1 Å². The molecule has 0 unspecified atom stereocenters. The van der Waals surface area contributed by atoms with E-state index in [1.54, 1.807) is 15.3 Å². The van der Waals surface area contributed by atoms with E-state index in [-0.39, 0.29) is 6.61 Å². The molecule has 0 amide bonds. The summed E-state index contributed by atoms with van der Waals surface area (Å²) in [6.07, 6.45) is 0. The molecule has 0 radical (unpaired) electrons. The lowest BCUT2D eigenvalue weighted by molar-refractivity contribution is 0.278. The van der Waals surface area contributed by atoms with E-state index in [0.29, 0.717) is 41.2 Å². The third-order valence-corrected chi connectivity index (χ3v) is 4.86. The van der Waals surface area contributed by atoms with Crippen LogP contribution in [0, 0.1) is 6.92 Å². The van der Waals surface area contributed by atoms with E-state index in [9.17, 15) is 0 Å². The number of rotatable bonds is 7. The highest BCUT2D eigenvalue weighted by Crippen LogP contribution is 2.29. The predicted octanol–water partition coefficient (Wildman–Crippen LogP) is 2.06. The SMILES string of the molecule is CCNCc1nc(COc2nn3c(-c4cc(C)on4)nnc3c3ccccc23)n(C)n1. The van der Waals surface area contributed by atoms with Gasteiger partial charge in [0.05, 0.1) is 6.54 Å². The van der Waals surface area contributed by atoms with Crippen LogP contribution in [0.1, 0.15) is 24.3 Å². The van der Waals surface area contributed by atoms with Crippen LogP contribution in [0.2, 0.25) is 0 Å². The van der Waals surface area contributed by atoms with Gasteiger partial charge in [-0.2, -0.15) is 9.61 Å². The molecular formula is C20H21N9O2. The van der Waals surface area contributed by atoms with Crippen LogP contribution >= 0.6 is 0 Å². The number of aromatic nitrogens is 8. The van der Waals surface area contributed by atoms with Crippen LogP contribution in [0.15, 0.2) is 34.9 Å². The second-order valence-corrected chi connectivity index (χ2v) is 7.07. The summed E-state index contributed by atoms with van der Waals surface area (Å²) in [5.41, 5.74) is 1.17. The van der Waals surface area contributed by atoms with Crippen molar-refractivity contribution in [1.82, 2.24) is 45.0 Å². The lowest BCUT2D eigenvalue weighted by Crippen LogP contribution is -2.13. The molecule has 11 heteroatoms. The third-order valence-electron chi connectivity index (χ3n) is 4.86. The Morgan fingerprint density at radius 3 is 2.74 bits per heavy atom. The summed E-state index contributed by atoms with van der Waals surface area (Å²) in [5, 5.41) is 26.6. The molecule has 0 saturated carbocycles. The standard InChI is InChI=1S/C20H21N9O2/c1-4-21-10-16-22-17(28(3)25-16)11-30-20-14-8-6-5-7-13(14)18-23-24-19(29(18)26-20)15-9-12(2)31-27-15/h5-9,21H,4,10-11H2,1-3H3. The normalized spacial score (nSPS) is 11.6. The van der Waals surface area contributed by atoms with Crippen molar-refractivity contribution in [2.45, 2.75) is 27.0 Å². The number of nitrogens with zero attached hydrogens (tertiary/aromatic N) is 8. The molecule has 158 valence electrons. The van der Waals surface area contributed by atoms with E-state index >= 15 is 0 Å². The molecule has 0 atom stereocenters. The zero-order chi connectivity index (χ0) is 21.4. The molecule has 0 fully saturated rings. The summed E-state index contributed by atoms with van der Waals surface area (Å²) in [6, 6.07) is 9.57. The predicted molar refractivity (Wildman–Crippen MR) is 111 cm³/mol. The fourth-order valence-corrected chi connectivity index (χ4v) is 3.33. The van der Waals surface area contributed by atoms with Crippen LogP contribution in [0.3, 0.4) is 0 Å². The third kappa shape index (κ3) is 3.48. The van der Waals surface area contributed by atoms with Gasteiger partial charge in [0.25, 0.3) is 0 Å². The molecule has 0 spiro atoms. The highest BCUT2D eigenvalue weighted by molar-refractivity contribution is 5.96. The lowest BCUT2D eigenvalue weighted by Gasteiger charge is -2.09. The Labute approximate surface area is 177 Å². The summed E-state index contributed by atoms with van der Waals surface area (Å²) in [5.74, 6) is 3.03. The Balaban J connectivity index is 1.54. The van der Waals surface area contributed by atoms with Crippen molar-refractivity contribution in [3.05, 3.63) is 47.7 Å². The van der Waals surface area contributed by atoms with Gasteiger partial charge >= 0.3 is 0 Å². The van der Waals surface area contributed by atoms with Gasteiger partial charge in [0.2, 0.25) is 11.7 Å². The second-order valence-electron chi connectivity index (χ2n) is 7.07. The number of hydrogen-bond donors (Lipinski definition) is 1. The van der Waals surface area contributed by atoms with Gasteiger partial charge in [-0.1, -0.05) is 30.3 Å². The maximum absolute atomic E-state index is 6.10. The summed E-state index contributed by atoms with van der Waals surface area (Å²) in [4.78, 5) is 4.55. The summed E-state index contributed by atoms with van der Waals surface area (Å²) < 4.78 is 14.6. The van der Waals surface area contributed by atoms with Gasteiger partial charge in [0.1, 0.15) is 12.4 Å². The molecule has 11 nitrogen and oxygen atoms in total. The number of aryl methyl sites for hydroxylation is 2. The van der Waals surface area contributed by atoms with Gasteiger partial charge in [-0.15, -0.1) is 15.3 Å². The summed E-state index contributed by atoms with van der Waals surface area (Å²) >= 11 is 0. The molecule has 1 aromatic carbocycles.